The number of rotatable bonds is 2. The molecule has 1 saturated carbocycles. The van der Waals surface area contributed by atoms with Gasteiger partial charge in [0.1, 0.15) is 5.82 Å². The molecule has 5 heteroatoms. The van der Waals surface area contributed by atoms with Crippen molar-refractivity contribution in [3.63, 3.8) is 0 Å². The Bertz CT molecular complexity index is 314. The molecule has 2 rings (SSSR count). The van der Waals surface area contributed by atoms with Gasteiger partial charge in [0.2, 0.25) is 0 Å². The van der Waals surface area contributed by atoms with Gasteiger partial charge in [-0.3, -0.25) is 0 Å². The van der Waals surface area contributed by atoms with Crippen LogP contribution in [0.4, 0.5) is 5.82 Å². The number of nitrogens with zero attached hydrogens (tertiary/aromatic N) is 2. The quantitative estimate of drug-likeness (QED) is 0.808. The van der Waals surface area contributed by atoms with Crippen molar-refractivity contribution < 1.29 is 0 Å². The molecule has 0 unspecified atom stereocenters. The summed E-state index contributed by atoms with van der Waals surface area (Å²) in [7, 11) is 0. The monoisotopic (exact) mass is 226 g/mol. The van der Waals surface area contributed by atoms with E-state index in [-0.39, 0.29) is 6.04 Å². The molecule has 15 heavy (non-hydrogen) atoms. The maximum absolute atomic E-state index is 6.02. The molecular weight excluding hydrogens is 212 g/mol. The van der Waals surface area contributed by atoms with Gasteiger partial charge in [0.15, 0.2) is 5.15 Å². The Morgan fingerprint density at radius 1 is 1.27 bits per heavy atom. The van der Waals surface area contributed by atoms with Crippen LogP contribution < -0.4 is 11.1 Å². The average Bonchev–Trinajstić information content (AvgIpc) is 2.25. The number of hydrogen-bond donors (Lipinski definition) is 2. The molecule has 0 aliphatic heterocycles. The van der Waals surface area contributed by atoms with Gasteiger partial charge in [-0.05, 0) is 25.0 Å². The lowest BCUT2D eigenvalue weighted by Gasteiger charge is -2.29. The van der Waals surface area contributed by atoms with Crippen LogP contribution >= 0.6 is 11.6 Å². The van der Waals surface area contributed by atoms with E-state index in [4.69, 9.17) is 17.3 Å². The Hall–Kier alpha value is -0.870. The smallest absolute Gasteiger partial charge is 0.151 e. The molecule has 2 atom stereocenters. The lowest BCUT2D eigenvalue weighted by molar-refractivity contribution is 0.403. The fraction of sp³-hybridized carbons (Fsp3) is 0.600. The largest absolute Gasteiger partial charge is 0.364 e. The molecule has 0 spiro atoms. The van der Waals surface area contributed by atoms with E-state index < -0.39 is 0 Å². The van der Waals surface area contributed by atoms with Gasteiger partial charge in [-0.25, -0.2) is 0 Å². The highest BCUT2D eigenvalue weighted by atomic mass is 35.5. The molecule has 0 saturated heterocycles. The maximum atomic E-state index is 6.02. The Kier molecular flexibility index (Phi) is 3.38. The zero-order valence-corrected chi connectivity index (χ0v) is 9.24. The first-order valence-corrected chi connectivity index (χ1v) is 5.65. The number of nitrogens with two attached hydrogens (primary N) is 1. The minimum atomic E-state index is 0.219. The van der Waals surface area contributed by atoms with Crippen molar-refractivity contribution >= 4 is 17.4 Å². The number of nitrogens with one attached hydrogen (secondary N) is 1. The number of anilines is 1. The Morgan fingerprint density at radius 3 is 2.73 bits per heavy atom. The molecule has 0 bridgehead atoms. The standard InChI is InChI=1S/C10H15ClN4/c11-9-5-6-10(15-14-9)13-8-4-2-1-3-7(8)12/h5-8H,1-4,12H2,(H,13,15)/t7-,8+/m0/s1. The van der Waals surface area contributed by atoms with Crippen LogP contribution in [0.25, 0.3) is 0 Å². The van der Waals surface area contributed by atoms with E-state index in [1.54, 1.807) is 6.07 Å². The van der Waals surface area contributed by atoms with Gasteiger partial charge in [0.25, 0.3) is 0 Å². The summed E-state index contributed by atoms with van der Waals surface area (Å²) in [6, 6.07) is 4.09. The maximum Gasteiger partial charge on any atom is 0.151 e. The highest BCUT2D eigenvalue weighted by Crippen LogP contribution is 2.20. The van der Waals surface area contributed by atoms with Crippen LogP contribution in [0.15, 0.2) is 12.1 Å². The fourth-order valence-corrected chi connectivity index (χ4v) is 2.02. The van der Waals surface area contributed by atoms with E-state index in [1.807, 2.05) is 6.07 Å². The predicted molar refractivity (Wildman–Crippen MR) is 60.9 cm³/mol. The summed E-state index contributed by atoms with van der Waals surface area (Å²) in [6.45, 7) is 0. The molecule has 1 aromatic rings. The van der Waals surface area contributed by atoms with E-state index >= 15 is 0 Å². The van der Waals surface area contributed by atoms with Crippen molar-refractivity contribution in [2.45, 2.75) is 37.8 Å². The molecule has 4 nitrogen and oxygen atoms in total. The average molecular weight is 227 g/mol. The normalized spacial score (nSPS) is 26.3. The van der Waals surface area contributed by atoms with E-state index in [2.05, 4.69) is 15.5 Å². The minimum absolute atomic E-state index is 0.219. The molecule has 3 N–H and O–H groups in total. The van der Waals surface area contributed by atoms with Gasteiger partial charge in [0, 0.05) is 12.1 Å². The van der Waals surface area contributed by atoms with Crippen molar-refractivity contribution in [3.8, 4) is 0 Å². The summed E-state index contributed by atoms with van der Waals surface area (Å²) in [5.74, 6) is 0.752. The van der Waals surface area contributed by atoms with Crippen molar-refractivity contribution in [1.82, 2.24) is 10.2 Å². The predicted octanol–water partition coefficient (Wildman–Crippen LogP) is 1.81. The van der Waals surface area contributed by atoms with Crippen LogP contribution in [0.1, 0.15) is 25.7 Å². The third-order valence-corrected chi connectivity index (χ3v) is 2.99. The van der Waals surface area contributed by atoms with Gasteiger partial charge in [-0.15, -0.1) is 10.2 Å². The Balaban J connectivity index is 1.98. The Morgan fingerprint density at radius 2 is 2.07 bits per heavy atom. The molecule has 1 heterocycles. The fourth-order valence-electron chi connectivity index (χ4n) is 1.92. The Labute approximate surface area is 94.2 Å². The summed E-state index contributed by atoms with van der Waals surface area (Å²) in [6.07, 6.45) is 4.64. The van der Waals surface area contributed by atoms with Crippen LogP contribution in [0.5, 0.6) is 0 Å². The third kappa shape index (κ3) is 2.79. The van der Waals surface area contributed by atoms with Crippen LogP contribution in [0, 0.1) is 0 Å². The van der Waals surface area contributed by atoms with Crippen molar-refractivity contribution in [2.75, 3.05) is 5.32 Å². The summed E-state index contributed by atoms with van der Waals surface area (Å²) in [5.41, 5.74) is 6.02. The van der Waals surface area contributed by atoms with Crippen LogP contribution in [0.2, 0.25) is 5.15 Å². The van der Waals surface area contributed by atoms with Crippen molar-refractivity contribution in [2.24, 2.45) is 5.73 Å². The molecular formula is C10H15ClN4. The molecule has 1 aromatic heterocycles. The summed E-state index contributed by atoms with van der Waals surface area (Å²) in [4.78, 5) is 0. The van der Waals surface area contributed by atoms with Crippen LogP contribution in [-0.2, 0) is 0 Å². The first-order chi connectivity index (χ1) is 7.25. The molecule has 1 aliphatic carbocycles. The summed E-state index contributed by atoms with van der Waals surface area (Å²) in [5, 5.41) is 11.5. The van der Waals surface area contributed by atoms with Gasteiger partial charge in [0.05, 0.1) is 0 Å². The molecule has 82 valence electrons. The van der Waals surface area contributed by atoms with Crippen molar-refractivity contribution in [1.29, 1.82) is 0 Å². The molecule has 1 aliphatic rings. The molecule has 1 fully saturated rings. The first kappa shape index (κ1) is 10.6. The third-order valence-electron chi connectivity index (χ3n) is 2.78. The van der Waals surface area contributed by atoms with Gasteiger partial charge < -0.3 is 11.1 Å². The topological polar surface area (TPSA) is 63.8 Å². The van der Waals surface area contributed by atoms with E-state index in [9.17, 15) is 0 Å². The minimum Gasteiger partial charge on any atom is -0.364 e. The second-order valence-corrected chi connectivity index (χ2v) is 4.33. The lowest BCUT2D eigenvalue weighted by Crippen LogP contribution is -2.42. The summed E-state index contributed by atoms with van der Waals surface area (Å²) >= 11 is 5.66. The molecule has 0 radical (unpaired) electrons. The molecule has 0 amide bonds. The summed E-state index contributed by atoms with van der Waals surface area (Å²) < 4.78 is 0. The number of aromatic nitrogens is 2. The van der Waals surface area contributed by atoms with Gasteiger partial charge in [-0.2, -0.15) is 0 Å². The molecule has 0 aromatic carbocycles. The zero-order valence-electron chi connectivity index (χ0n) is 8.49. The number of hydrogen-bond acceptors (Lipinski definition) is 4. The zero-order chi connectivity index (χ0) is 10.7. The number of halogens is 1. The van der Waals surface area contributed by atoms with E-state index in [1.165, 1.54) is 12.8 Å². The SMILES string of the molecule is N[C@H]1CCCC[C@H]1Nc1ccc(Cl)nn1. The van der Waals surface area contributed by atoms with E-state index in [0.29, 0.717) is 11.2 Å². The van der Waals surface area contributed by atoms with E-state index in [0.717, 1.165) is 18.7 Å². The van der Waals surface area contributed by atoms with Crippen LogP contribution in [-0.4, -0.2) is 22.3 Å². The van der Waals surface area contributed by atoms with Crippen LogP contribution in [0.3, 0.4) is 0 Å². The second kappa shape index (κ2) is 4.77. The van der Waals surface area contributed by atoms with Gasteiger partial charge >= 0.3 is 0 Å². The second-order valence-electron chi connectivity index (χ2n) is 3.94. The first-order valence-electron chi connectivity index (χ1n) is 5.27. The highest BCUT2D eigenvalue weighted by Gasteiger charge is 2.21. The highest BCUT2D eigenvalue weighted by molar-refractivity contribution is 6.29. The van der Waals surface area contributed by atoms with Gasteiger partial charge in [-0.1, -0.05) is 24.4 Å². The van der Waals surface area contributed by atoms with Crippen molar-refractivity contribution in [3.05, 3.63) is 17.3 Å². The lowest BCUT2D eigenvalue weighted by atomic mass is 9.91.